The average Bonchev–Trinajstić information content (AvgIpc) is 2.51. The van der Waals surface area contributed by atoms with Crippen molar-refractivity contribution in [1.29, 1.82) is 0 Å². The van der Waals surface area contributed by atoms with Crippen LogP contribution in [0.3, 0.4) is 0 Å². The van der Waals surface area contributed by atoms with E-state index >= 15 is 0 Å². The van der Waals surface area contributed by atoms with Gasteiger partial charge in [0.1, 0.15) is 0 Å². The van der Waals surface area contributed by atoms with Crippen LogP contribution in [0.1, 0.15) is 23.6 Å². The first-order chi connectivity index (χ1) is 8.03. The van der Waals surface area contributed by atoms with Gasteiger partial charge in [0.15, 0.2) is 0 Å². The maximum Gasteiger partial charge on any atom is 0.248 e. The molecule has 0 aliphatic carbocycles. The number of carbonyl (C=O) groups is 1. The summed E-state index contributed by atoms with van der Waals surface area (Å²) in [5, 5.41) is 0. The molecule has 1 unspecified atom stereocenters. The molecule has 88 valence electrons. The lowest BCUT2D eigenvalue weighted by Gasteiger charge is -2.42. The van der Waals surface area contributed by atoms with E-state index < -0.39 is 0 Å². The van der Waals surface area contributed by atoms with Gasteiger partial charge in [-0.05, 0) is 54.0 Å². The molecular formula is C14H14INO. The number of benzene rings is 1. The van der Waals surface area contributed by atoms with Crippen molar-refractivity contribution in [2.75, 3.05) is 6.54 Å². The van der Waals surface area contributed by atoms with E-state index in [0.29, 0.717) is 0 Å². The summed E-state index contributed by atoms with van der Waals surface area (Å²) in [5.74, 6) is 0.157. The Bertz CT molecular complexity index is 549. The van der Waals surface area contributed by atoms with Gasteiger partial charge in [0, 0.05) is 16.2 Å². The first-order valence-corrected chi connectivity index (χ1v) is 6.90. The van der Waals surface area contributed by atoms with Gasteiger partial charge in [-0.3, -0.25) is 4.79 Å². The van der Waals surface area contributed by atoms with E-state index in [0.717, 1.165) is 16.5 Å². The molecule has 2 aliphatic heterocycles. The number of hydrogen-bond acceptors (Lipinski definition) is 1. The Hall–Kier alpha value is -0.840. The van der Waals surface area contributed by atoms with Gasteiger partial charge in [0.25, 0.3) is 0 Å². The Labute approximate surface area is 115 Å². The Morgan fingerprint density at radius 2 is 2.18 bits per heavy atom. The third kappa shape index (κ3) is 1.41. The lowest BCUT2D eigenvalue weighted by atomic mass is 9.82. The quantitative estimate of drug-likeness (QED) is 0.666. The summed E-state index contributed by atoms with van der Waals surface area (Å²) < 4.78 is 1.13. The van der Waals surface area contributed by atoms with Gasteiger partial charge in [-0.1, -0.05) is 23.8 Å². The van der Waals surface area contributed by atoms with Gasteiger partial charge in [0.2, 0.25) is 5.91 Å². The molecule has 3 heteroatoms. The van der Waals surface area contributed by atoms with Crippen LogP contribution in [-0.4, -0.2) is 17.4 Å². The summed E-state index contributed by atoms with van der Waals surface area (Å²) in [5.41, 5.74) is 3.72. The van der Waals surface area contributed by atoms with Gasteiger partial charge < -0.3 is 4.90 Å². The van der Waals surface area contributed by atoms with Crippen LogP contribution >= 0.6 is 22.6 Å². The molecule has 2 nitrogen and oxygen atoms in total. The summed E-state index contributed by atoms with van der Waals surface area (Å²) in [7, 11) is 0. The molecule has 0 spiro atoms. The average molecular weight is 339 g/mol. The summed E-state index contributed by atoms with van der Waals surface area (Å²) in [6, 6.07) is 6.60. The van der Waals surface area contributed by atoms with Crippen molar-refractivity contribution in [2.24, 2.45) is 0 Å². The summed E-state index contributed by atoms with van der Waals surface area (Å²) in [6.07, 6.45) is 2.74. The fourth-order valence-electron chi connectivity index (χ4n) is 2.88. The van der Waals surface area contributed by atoms with Crippen molar-refractivity contribution in [3.8, 4) is 0 Å². The second-order valence-corrected chi connectivity index (χ2v) is 6.13. The van der Waals surface area contributed by atoms with Crippen LogP contribution in [0.25, 0.3) is 0 Å². The van der Waals surface area contributed by atoms with Crippen molar-refractivity contribution in [3.63, 3.8) is 0 Å². The minimum atomic E-state index is -0.225. The van der Waals surface area contributed by atoms with E-state index in [9.17, 15) is 4.79 Å². The van der Waals surface area contributed by atoms with E-state index in [4.69, 9.17) is 0 Å². The Morgan fingerprint density at radius 3 is 2.94 bits per heavy atom. The molecule has 0 radical (unpaired) electrons. The number of hydrogen-bond donors (Lipinski definition) is 0. The minimum absolute atomic E-state index is 0.157. The second-order valence-electron chi connectivity index (χ2n) is 4.96. The van der Waals surface area contributed by atoms with Crippen LogP contribution in [0.5, 0.6) is 0 Å². The highest BCUT2D eigenvalue weighted by Gasteiger charge is 2.47. The third-order valence-electron chi connectivity index (χ3n) is 3.92. The molecule has 0 saturated carbocycles. The fourth-order valence-corrected chi connectivity index (χ4v) is 3.73. The SMILES string of the molecule is Cc1ccc2c(c1)C1(C)C(I)=CC(=O)N1CC2. The van der Waals surface area contributed by atoms with Gasteiger partial charge in [-0.25, -0.2) is 0 Å². The van der Waals surface area contributed by atoms with Gasteiger partial charge in [-0.15, -0.1) is 0 Å². The molecule has 0 fully saturated rings. The van der Waals surface area contributed by atoms with Crippen molar-refractivity contribution in [2.45, 2.75) is 25.8 Å². The van der Waals surface area contributed by atoms with E-state index in [1.54, 1.807) is 6.08 Å². The van der Waals surface area contributed by atoms with Crippen LogP contribution in [0.2, 0.25) is 0 Å². The topological polar surface area (TPSA) is 20.3 Å². The van der Waals surface area contributed by atoms with Gasteiger partial charge >= 0.3 is 0 Å². The molecule has 2 aliphatic rings. The second kappa shape index (κ2) is 3.57. The molecule has 1 atom stereocenters. The highest BCUT2D eigenvalue weighted by Crippen LogP contribution is 2.47. The van der Waals surface area contributed by atoms with E-state index in [1.807, 2.05) is 4.90 Å². The number of carbonyl (C=O) groups excluding carboxylic acids is 1. The number of fused-ring (bicyclic) bond motifs is 3. The van der Waals surface area contributed by atoms with E-state index in [2.05, 4.69) is 54.6 Å². The highest BCUT2D eigenvalue weighted by atomic mass is 127. The van der Waals surface area contributed by atoms with Crippen LogP contribution in [-0.2, 0) is 16.8 Å². The molecule has 0 aromatic heterocycles. The molecular weight excluding hydrogens is 325 g/mol. The molecule has 17 heavy (non-hydrogen) atoms. The van der Waals surface area contributed by atoms with Crippen molar-refractivity contribution in [3.05, 3.63) is 44.5 Å². The summed E-state index contributed by atoms with van der Waals surface area (Å²) in [6.45, 7) is 5.10. The zero-order valence-corrected chi connectivity index (χ0v) is 12.1. The fraction of sp³-hybridized carbons (Fsp3) is 0.357. The van der Waals surface area contributed by atoms with Crippen molar-refractivity contribution >= 4 is 28.5 Å². The predicted octanol–water partition coefficient (Wildman–Crippen LogP) is 2.93. The highest BCUT2D eigenvalue weighted by molar-refractivity contribution is 14.1. The Kier molecular flexibility index (Phi) is 2.37. The summed E-state index contributed by atoms with van der Waals surface area (Å²) >= 11 is 2.31. The zero-order valence-electron chi connectivity index (χ0n) is 9.96. The largest absolute Gasteiger partial charge is 0.325 e. The van der Waals surface area contributed by atoms with Crippen LogP contribution in [0.4, 0.5) is 0 Å². The van der Waals surface area contributed by atoms with Crippen molar-refractivity contribution < 1.29 is 4.79 Å². The van der Waals surface area contributed by atoms with Crippen molar-refractivity contribution in [1.82, 2.24) is 4.90 Å². The molecule has 1 aromatic rings. The Morgan fingerprint density at radius 1 is 1.41 bits per heavy atom. The van der Waals surface area contributed by atoms with Gasteiger partial charge in [-0.2, -0.15) is 0 Å². The number of rotatable bonds is 0. The molecule has 3 rings (SSSR count). The smallest absolute Gasteiger partial charge is 0.248 e. The predicted molar refractivity (Wildman–Crippen MR) is 76.1 cm³/mol. The monoisotopic (exact) mass is 339 g/mol. The summed E-state index contributed by atoms with van der Waals surface area (Å²) in [4.78, 5) is 14.0. The molecule has 2 heterocycles. The van der Waals surface area contributed by atoms with Crippen LogP contribution in [0.15, 0.2) is 27.9 Å². The van der Waals surface area contributed by atoms with Crippen LogP contribution < -0.4 is 0 Å². The van der Waals surface area contributed by atoms with E-state index in [1.165, 1.54) is 16.7 Å². The number of halogens is 1. The first kappa shape index (κ1) is 11.3. The molecule has 0 bridgehead atoms. The lowest BCUT2D eigenvalue weighted by Crippen LogP contribution is -2.47. The maximum atomic E-state index is 12.0. The lowest BCUT2D eigenvalue weighted by molar-refractivity contribution is -0.129. The van der Waals surface area contributed by atoms with Gasteiger partial charge in [0.05, 0.1) is 5.54 Å². The third-order valence-corrected chi connectivity index (χ3v) is 5.28. The standard InChI is InChI=1S/C14H14INO/c1-9-3-4-10-5-6-16-13(17)8-12(15)14(16,2)11(10)7-9/h3-4,7-8H,5-6H2,1-2H3. The normalized spacial score (nSPS) is 26.6. The molecule has 1 aromatic carbocycles. The maximum absolute atomic E-state index is 12.0. The molecule has 0 N–H and O–H groups in total. The zero-order chi connectivity index (χ0) is 12.2. The molecule has 0 saturated heterocycles. The Balaban J connectivity index is 2.25. The number of nitrogens with zero attached hydrogens (tertiary/aromatic N) is 1. The number of amides is 1. The van der Waals surface area contributed by atoms with E-state index in [-0.39, 0.29) is 11.4 Å². The minimum Gasteiger partial charge on any atom is -0.325 e. The van der Waals surface area contributed by atoms with Crippen LogP contribution in [0, 0.1) is 6.92 Å². The first-order valence-electron chi connectivity index (χ1n) is 5.83. The molecule has 1 amide bonds. The number of aryl methyl sites for hydroxylation is 1.